The lowest BCUT2D eigenvalue weighted by Crippen LogP contribution is -2.53. The normalized spacial score (nSPS) is 15.4. The van der Waals surface area contributed by atoms with Crippen LogP contribution in [0.3, 0.4) is 0 Å². The summed E-state index contributed by atoms with van der Waals surface area (Å²) < 4.78 is 0. The molecule has 0 radical (unpaired) electrons. The highest BCUT2D eigenvalue weighted by molar-refractivity contribution is 8.76. The van der Waals surface area contributed by atoms with E-state index in [4.69, 9.17) is 11.5 Å². The van der Waals surface area contributed by atoms with Gasteiger partial charge in [-0.3, -0.25) is 9.59 Å². The molecule has 2 atom stereocenters. The minimum absolute atomic E-state index is 0.128. The number of hydrogen-bond acceptors (Lipinski definition) is 6. The molecule has 0 spiro atoms. The minimum atomic E-state index is -1.45. The van der Waals surface area contributed by atoms with Crippen molar-refractivity contribution in [2.24, 2.45) is 11.5 Å². The Balaban J connectivity index is 1.95. The second-order valence-electron chi connectivity index (χ2n) is 6.77. The van der Waals surface area contributed by atoms with Gasteiger partial charge in [0.2, 0.25) is 0 Å². The van der Waals surface area contributed by atoms with Crippen molar-refractivity contribution in [3.05, 3.63) is 71.8 Å². The van der Waals surface area contributed by atoms with Gasteiger partial charge in [0.25, 0.3) is 0 Å². The van der Waals surface area contributed by atoms with E-state index in [1.807, 2.05) is 60.7 Å². The molecule has 8 heteroatoms. The average molecular weight is 421 g/mol. The first-order chi connectivity index (χ1) is 13.3. The van der Waals surface area contributed by atoms with Crippen LogP contribution in [0.15, 0.2) is 60.7 Å². The molecule has 6 nitrogen and oxygen atoms in total. The molecule has 0 fully saturated rings. The van der Waals surface area contributed by atoms with Crippen molar-refractivity contribution >= 4 is 33.5 Å². The van der Waals surface area contributed by atoms with Gasteiger partial charge in [0.05, 0.1) is 0 Å². The first kappa shape index (κ1) is 22.3. The summed E-state index contributed by atoms with van der Waals surface area (Å²) in [6.45, 7) is 0. The number of benzene rings is 2. The molecule has 2 unspecified atom stereocenters. The number of hydrogen-bond donors (Lipinski definition) is 4. The Bertz CT molecular complexity index is 724. The molecule has 0 aliphatic carbocycles. The van der Waals surface area contributed by atoms with Crippen LogP contribution in [-0.2, 0) is 22.4 Å². The van der Waals surface area contributed by atoms with Gasteiger partial charge in [0.1, 0.15) is 11.1 Å². The number of carbonyl (C=O) groups is 2. The Morgan fingerprint density at radius 1 is 0.714 bits per heavy atom. The Hall–Kier alpha value is -2.00. The summed E-state index contributed by atoms with van der Waals surface area (Å²) in [5.41, 5.74) is 11.0. The summed E-state index contributed by atoms with van der Waals surface area (Å²) in [7, 11) is 2.46. The molecule has 150 valence electrons. The predicted octanol–water partition coefficient (Wildman–Crippen LogP) is 2.42. The predicted molar refractivity (Wildman–Crippen MR) is 114 cm³/mol. The van der Waals surface area contributed by atoms with Gasteiger partial charge in [-0.15, -0.1) is 0 Å². The molecule has 0 saturated heterocycles. The van der Waals surface area contributed by atoms with Crippen LogP contribution < -0.4 is 11.5 Å². The maximum absolute atomic E-state index is 11.7. The van der Waals surface area contributed by atoms with Crippen LogP contribution in [0.1, 0.15) is 11.1 Å². The van der Waals surface area contributed by atoms with Crippen LogP contribution in [0.5, 0.6) is 0 Å². The molecule has 0 saturated carbocycles. The lowest BCUT2D eigenvalue weighted by Gasteiger charge is -2.26. The van der Waals surface area contributed by atoms with Gasteiger partial charge in [0, 0.05) is 24.3 Å². The van der Waals surface area contributed by atoms with Gasteiger partial charge in [-0.2, -0.15) is 0 Å². The monoisotopic (exact) mass is 420 g/mol. The SMILES string of the molecule is NC(CSSCC(N)(Cc1ccccc1)C(=O)O)(Cc1ccccc1)C(=O)O. The van der Waals surface area contributed by atoms with Gasteiger partial charge < -0.3 is 21.7 Å². The van der Waals surface area contributed by atoms with E-state index in [2.05, 4.69) is 0 Å². The fourth-order valence-electron chi connectivity index (χ4n) is 2.59. The van der Waals surface area contributed by atoms with E-state index < -0.39 is 23.0 Å². The second-order valence-corrected chi connectivity index (χ2v) is 9.23. The van der Waals surface area contributed by atoms with Crippen molar-refractivity contribution < 1.29 is 19.8 Å². The maximum atomic E-state index is 11.7. The van der Waals surface area contributed by atoms with Crippen molar-refractivity contribution in [3.8, 4) is 0 Å². The van der Waals surface area contributed by atoms with Crippen LogP contribution in [-0.4, -0.2) is 44.7 Å². The minimum Gasteiger partial charge on any atom is -0.480 e. The molecule has 0 amide bonds. The number of carboxylic acids is 2. The van der Waals surface area contributed by atoms with E-state index in [1.54, 1.807) is 0 Å². The Morgan fingerprint density at radius 3 is 1.32 bits per heavy atom. The van der Waals surface area contributed by atoms with Crippen molar-refractivity contribution in [2.75, 3.05) is 11.5 Å². The molecule has 0 heterocycles. The number of rotatable bonds is 11. The molecule has 0 aliphatic rings. The zero-order valence-corrected chi connectivity index (χ0v) is 16.9. The summed E-state index contributed by atoms with van der Waals surface area (Å²) in [6.07, 6.45) is 0.376. The highest BCUT2D eigenvalue weighted by atomic mass is 33.1. The van der Waals surface area contributed by atoms with E-state index >= 15 is 0 Å². The average Bonchev–Trinajstić information content (AvgIpc) is 2.66. The van der Waals surface area contributed by atoms with Crippen molar-refractivity contribution in [2.45, 2.75) is 23.9 Å². The van der Waals surface area contributed by atoms with E-state index in [0.717, 1.165) is 11.1 Å². The van der Waals surface area contributed by atoms with E-state index in [1.165, 1.54) is 21.6 Å². The zero-order chi connectivity index (χ0) is 20.6. The van der Waals surface area contributed by atoms with Crippen LogP contribution >= 0.6 is 21.6 Å². The molecule has 0 bridgehead atoms. The molecule has 6 N–H and O–H groups in total. The quantitative estimate of drug-likeness (QED) is 0.322. The number of aliphatic carboxylic acids is 2. The molecule has 2 aromatic rings. The Kier molecular flexibility index (Phi) is 7.94. The summed E-state index contributed by atoms with van der Waals surface area (Å²) in [6, 6.07) is 18.4. The third-order valence-electron chi connectivity index (χ3n) is 4.29. The van der Waals surface area contributed by atoms with Crippen LogP contribution in [0.25, 0.3) is 0 Å². The molecular weight excluding hydrogens is 396 g/mol. The van der Waals surface area contributed by atoms with Gasteiger partial charge in [0.15, 0.2) is 0 Å². The van der Waals surface area contributed by atoms with E-state index in [0.29, 0.717) is 0 Å². The molecule has 2 aromatic carbocycles. The van der Waals surface area contributed by atoms with Crippen LogP contribution in [0.2, 0.25) is 0 Å². The van der Waals surface area contributed by atoms with Crippen molar-refractivity contribution in [1.82, 2.24) is 0 Å². The standard InChI is InChI=1S/C20H24N2O4S2/c21-19(17(23)24,11-15-7-3-1-4-8-15)13-27-28-14-20(22,18(25)26)12-16-9-5-2-6-10-16/h1-10H,11-14,21-22H2,(H,23,24)(H,25,26). The maximum Gasteiger partial charge on any atom is 0.324 e. The molecular formula is C20H24N2O4S2. The lowest BCUT2D eigenvalue weighted by molar-refractivity contribution is -0.143. The molecule has 2 rings (SSSR count). The van der Waals surface area contributed by atoms with E-state index in [9.17, 15) is 19.8 Å². The third-order valence-corrected chi connectivity index (χ3v) is 6.93. The summed E-state index contributed by atoms with van der Waals surface area (Å²) in [5, 5.41) is 19.1. The first-order valence-corrected chi connectivity index (χ1v) is 11.1. The number of carboxylic acid groups (broad SMARTS) is 2. The highest BCUT2D eigenvalue weighted by Gasteiger charge is 2.37. The number of nitrogens with two attached hydrogens (primary N) is 2. The van der Waals surface area contributed by atoms with Gasteiger partial charge in [-0.1, -0.05) is 82.3 Å². The fraction of sp³-hybridized carbons (Fsp3) is 0.300. The lowest BCUT2D eigenvalue weighted by atomic mass is 9.94. The smallest absolute Gasteiger partial charge is 0.324 e. The Morgan fingerprint density at radius 2 is 1.04 bits per heavy atom. The van der Waals surface area contributed by atoms with Crippen molar-refractivity contribution in [1.29, 1.82) is 0 Å². The van der Waals surface area contributed by atoms with Gasteiger partial charge >= 0.3 is 11.9 Å². The summed E-state index contributed by atoms with van der Waals surface area (Å²) in [5.74, 6) is -1.93. The molecule has 0 aliphatic heterocycles. The Labute approximate surface area is 172 Å². The highest BCUT2D eigenvalue weighted by Crippen LogP contribution is 2.30. The van der Waals surface area contributed by atoms with Crippen molar-refractivity contribution in [3.63, 3.8) is 0 Å². The molecule has 0 aromatic heterocycles. The van der Waals surface area contributed by atoms with Crippen LogP contribution in [0, 0.1) is 0 Å². The summed E-state index contributed by atoms with van der Waals surface area (Å²) >= 11 is 0. The third kappa shape index (κ3) is 6.27. The summed E-state index contributed by atoms with van der Waals surface area (Å²) in [4.78, 5) is 23.4. The van der Waals surface area contributed by atoms with Gasteiger partial charge in [-0.05, 0) is 11.1 Å². The van der Waals surface area contributed by atoms with Crippen LogP contribution in [0.4, 0.5) is 0 Å². The fourth-order valence-corrected chi connectivity index (χ4v) is 5.39. The van der Waals surface area contributed by atoms with E-state index in [-0.39, 0.29) is 24.3 Å². The molecule has 28 heavy (non-hydrogen) atoms. The first-order valence-electron chi connectivity index (χ1n) is 8.62. The second kappa shape index (κ2) is 9.97. The van der Waals surface area contributed by atoms with Gasteiger partial charge in [-0.25, -0.2) is 0 Å². The largest absolute Gasteiger partial charge is 0.480 e. The topological polar surface area (TPSA) is 127 Å². The zero-order valence-electron chi connectivity index (χ0n) is 15.3.